The summed E-state index contributed by atoms with van der Waals surface area (Å²) in [6.45, 7) is 2.69. The van der Waals surface area contributed by atoms with E-state index in [0.717, 1.165) is 22.3 Å². The Morgan fingerprint density at radius 2 is 1.71 bits per heavy atom. The lowest BCUT2D eigenvalue weighted by atomic mass is 9.87. The van der Waals surface area contributed by atoms with Crippen molar-refractivity contribution in [2.45, 2.75) is 25.4 Å². The Balaban J connectivity index is 1.31. The number of rotatable bonds is 7. The van der Waals surface area contributed by atoms with E-state index in [0.29, 0.717) is 19.5 Å². The van der Waals surface area contributed by atoms with Crippen LogP contribution in [0.5, 0.6) is 0 Å². The fourth-order valence-electron chi connectivity index (χ4n) is 5.01. The van der Waals surface area contributed by atoms with Crippen molar-refractivity contribution >= 4 is 18.0 Å². The first kappa shape index (κ1) is 23.8. The van der Waals surface area contributed by atoms with E-state index >= 15 is 0 Å². The van der Waals surface area contributed by atoms with Crippen LogP contribution in [0.3, 0.4) is 0 Å². The van der Waals surface area contributed by atoms with Crippen molar-refractivity contribution in [2.75, 3.05) is 33.4 Å². The molecule has 2 aliphatic rings. The van der Waals surface area contributed by atoms with Crippen molar-refractivity contribution in [3.8, 4) is 11.1 Å². The van der Waals surface area contributed by atoms with Crippen LogP contribution in [0.25, 0.3) is 11.1 Å². The van der Waals surface area contributed by atoms with Crippen LogP contribution in [-0.2, 0) is 19.1 Å². The monoisotopic (exact) mass is 466 g/mol. The number of carbonyl (C=O) groups is 3. The average molecular weight is 467 g/mol. The Morgan fingerprint density at radius 3 is 2.26 bits per heavy atom. The van der Waals surface area contributed by atoms with Crippen LogP contribution in [0.15, 0.2) is 48.5 Å². The lowest BCUT2D eigenvalue weighted by Gasteiger charge is -2.36. The molecule has 1 fully saturated rings. The molecule has 180 valence electrons. The molecule has 2 amide bonds. The second kappa shape index (κ2) is 10.3. The molecule has 0 spiro atoms. The summed E-state index contributed by atoms with van der Waals surface area (Å²) in [6.07, 6.45) is -1.08. The molecular weight excluding hydrogens is 436 g/mol. The van der Waals surface area contributed by atoms with Crippen molar-refractivity contribution in [3.63, 3.8) is 0 Å². The van der Waals surface area contributed by atoms with E-state index in [1.54, 1.807) is 4.90 Å². The summed E-state index contributed by atoms with van der Waals surface area (Å²) < 4.78 is 10.8. The van der Waals surface area contributed by atoms with Gasteiger partial charge in [0.25, 0.3) is 5.91 Å². The van der Waals surface area contributed by atoms with E-state index in [-0.39, 0.29) is 30.9 Å². The number of hydrogen-bond acceptors (Lipinski definition) is 5. The van der Waals surface area contributed by atoms with E-state index in [9.17, 15) is 19.5 Å². The van der Waals surface area contributed by atoms with Crippen molar-refractivity contribution in [3.05, 3.63) is 59.7 Å². The maximum Gasteiger partial charge on any atom is 0.407 e. The zero-order valence-electron chi connectivity index (χ0n) is 19.4. The average Bonchev–Trinajstić information content (AvgIpc) is 3.16. The maximum absolute atomic E-state index is 12.9. The molecular formula is C26H30N2O6. The summed E-state index contributed by atoms with van der Waals surface area (Å²) in [5, 5.41) is 11.9. The van der Waals surface area contributed by atoms with Gasteiger partial charge >= 0.3 is 12.1 Å². The molecule has 1 heterocycles. The highest BCUT2D eigenvalue weighted by Gasteiger charge is 2.35. The number of carbonyl (C=O) groups excluding carboxylic acids is 2. The third kappa shape index (κ3) is 4.77. The standard InChI is InChI=1S/C26H30N2O6/c1-16-14-28(12-11-17(16)25(30)31)24(29)23(33-2)13-27-26(32)34-15-22-20-9-5-3-7-18(20)19-8-4-6-10-21(19)22/h3-10,16-17,22-23H,11-15H2,1-2H3,(H,27,32)(H,30,31). The van der Waals surface area contributed by atoms with Gasteiger partial charge < -0.3 is 24.8 Å². The van der Waals surface area contributed by atoms with Crippen LogP contribution >= 0.6 is 0 Å². The smallest absolute Gasteiger partial charge is 0.407 e. The van der Waals surface area contributed by atoms with Crippen LogP contribution < -0.4 is 5.32 Å². The zero-order chi connectivity index (χ0) is 24.2. The van der Waals surface area contributed by atoms with Crippen molar-refractivity contribution < 1.29 is 29.0 Å². The van der Waals surface area contributed by atoms with Gasteiger partial charge in [0.2, 0.25) is 0 Å². The van der Waals surface area contributed by atoms with Crippen LogP contribution in [0.2, 0.25) is 0 Å². The molecule has 8 heteroatoms. The summed E-state index contributed by atoms with van der Waals surface area (Å²) in [7, 11) is 1.41. The van der Waals surface area contributed by atoms with Crippen LogP contribution in [0, 0.1) is 11.8 Å². The van der Waals surface area contributed by atoms with Gasteiger partial charge in [-0.05, 0) is 34.6 Å². The van der Waals surface area contributed by atoms with Gasteiger partial charge in [-0.2, -0.15) is 0 Å². The van der Waals surface area contributed by atoms with Crippen molar-refractivity contribution in [1.82, 2.24) is 10.2 Å². The van der Waals surface area contributed by atoms with Gasteiger partial charge in [-0.3, -0.25) is 9.59 Å². The highest BCUT2D eigenvalue weighted by atomic mass is 16.5. The number of nitrogens with zero attached hydrogens (tertiary/aromatic N) is 1. The fourth-order valence-corrected chi connectivity index (χ4v) is 5.01. The SMILES string of the molecule is COC(CNC(=O)OCC1c2ccccc2-c2ccccc21)C(=O)N1CCC(C(=O)O)C(C)C1. The van der Waals surface area contributed by atoms with Gasteiger partial charge in [0.15, 0.2) is 6.10 Å². The molecule has 2 aromatic rings. The summed E-state index contributed by atoms with van der Waals surface area (Å²) in [6, 6.07) is 16.2. The third-order valence-electron chi connectivity index (χ3n) is 6.87. The normalized spacial score (nSPS) is 20.2. The van der Waals surface area contributed by atoms with Crippen LogP contribution in [0.1, 0.15) is 30.4 Å². The van der Waals surface area contributed by atoms with Gasteiger partial charge in [0, 0.05) is 26.1 Å². The van der Waals surface area contributed by atoms with Gasteiger partial charge in [0.05, 0.1) is 12.5 Å². The summed E-state index contributed by atoms with van der Waals surface area (Å²) in [5.41, 5.74) is 4.55. The minimum Gasteiger partial charge on any atom is -0.481 e. The highest BCUT2D eigenvalue weighted by Crippen LogP contribution is 2.44. The number of fused-ring (bicyclic) bond motifs is 3. The van der Waals surface area contributed by atoms with E-state index in [1.807, 2.05) is 31.2 Å². The second-order valence-electron chi connectivity index (χ2n) is 8.93. The third-order valence-corrected chi connectivity index (χ3v) is 6.87. The predicted molar refractivity (Wildman–Crippen MR) is 125 cm³/mol. The van der Waals surface area contributed by atoms with Crippen LogP contribution in [0.4, 0.5) is 4.79 Å². The summed E-state index contributed by atoms with van der Waals surface area (Å²) in [5.74, 6) is -1.75. The van der Waals surface area contributed by atoms with Gasteiger partial charge in [0.1, 0.15) is 6.61 Å². The molecule has 3 atom stereocenters. The highest BCUT2D eigenvalue weighted by molar-refractivity contribution is 5.82. The van der Waals surface area contributed by atoms with E-state index in [1.165, 1.54) is 7.11 Å². The Labute approximate surface area is 198 Å². The molecule has 1 aliphatic carbocycles. The number of ether oxygens (including phenoxy) is 2. The molecule has 8 nitrogen and oxygen atoms in total. The van der Waals surface area contributed by atoms with Gasteiger partial charge in [-0.25, -0.2) is 4.79 Å². The molecule has 1 aliphatic heterocycles. The van der Waals surface area contributed by atoms with E-state index < -0.39 is 24.1 Å². The number of methoxy groups -OCH3 is 1. The topological polar surface area (TPSA) is 105 Å². The van der Waals surface area contributed by atoms with Gasteiger partial charge in [-0.1, -0.05) is 55.5 Å². The molecule has 0 bridgehead atoms. The molecule has 1 saturated heterocycles. The predicted octanol–water partition coefficient (Wildman–Crippen LogP) is 3.11. The summed E-state index contributed by atoms with van der Waals surface area (Å²) in [4.78, 5) is 38.2. The molecule has 0 radical (unpaired) electrons. The first-order valence-electron chi connectivity index (χ1n) is 11.5. The lowest BCUT2D eigenvalue weighted by molar-refractivity contribution is -0.151. The number of carboxylic acids is 1. The molecule has 3 unspecified atom stereocenters. The lowest BCUT2D eigenvalue weighted by Crippen LogP contribution is -2.51. The number of amides is 2. The van der Waals surface area contributed by atoms with Gasteiger partial charge in [-0.15, -0.1) is 0 Å². The van der Waals surface area contributed by atoms with Crippen LogP contribution in [-0.4, -0.2) is 67.4 Å². The number of hydrogen-bond donors (Lipinski definition) is 2. The molecule has 4 rings (SSSR count). The number of nitrogens with one attached hydrogen (secondary N) is 1. The molecule has 0 aromatic heterocycles. The quantitative estimate of drug-likeness (QED) is 0.650. The Hall–Kier alpha value is -3.39. The minimum atomic E-state index is -0.867. The van der Waals surface area contributed by atoms with E-state index in [4.69, 9.17) is 9.47 Å². The maximum atomic E-state index is 12.9. The summed E-state index contributed by atoms with van der Waals surface area (Å²) >= 11 is 0. The number of likely N-dealkylation sites (tertiary alicyclic amines) is 1. The number of piperidine rings is 1. The molecule has 2 aromatic carbocycles. The Kier molecular flexibility index (Phi) is 7.17. The first-order valence-corrected chi connectivity index (χ1v) is 11.5. The van der Waals surface area contributed by atoms with Crippen molar-refractivity contribution in [1.29, 1.82) is 0 Å². The molecule has 2 N–H and O–H groups in total. The number of benzene rings is 2. The Morgan fingerprint density at radius 1 is 1.09 bits per heavy atom. The van der Waals surface area contributed by atoms with Crippen molar-refractivity contribution in [2.24, 2.45) is 11.8 Å². The fraction of sp³-hybridized carbons (Fsp3) is 0.423. The molecule has 0 saturated carbocycles. The molecule has 34 heavy (non-hydrogen) atoms. The zero-order valence-corrected chi connectivity index (χ0v) is 19.4. The number of aliphatic carboxylic acids is 1. The minimum absolute atomic E-state index is 0.0285. The number of alkyl carbamates (subject to hydrolysis) is 1. The Bertz CT molecular complexity index is 1030. The number of carboxylic acid groups (broad SMARTS) is 1. The first-order chi connectivity index (χ1) is 16.4. The largest absolute Gasteiger partial charge is 0.481 e. The second-order valence-corrected chi connectivity index (χ2v) is 8.93. The van der Waals surface area contributed by atoms with E-state index in [2.05, 4.69) is 29.6 Å².